The van der Waals surface area contributed by atoms with Crippen LogP contribution in [0.3, 0.4) is 0 Å². The lowest BCUT2D eigenvalue weighted by atomic mass is 10.0. The third-order valence-electron chi connectivity index (χ3n) is 4.46. The fourth-order valence-corrected chi connectivity index (χ4v) is 2.69. The van der Waals surface area contributed by atoms with E-state index < -0.39 is 11.8 Å². The number of nitrogens with zero attached hydrogens (tertiary/aromatic N) is 1. The Morgan fingerprint density at radius 1 is 1.26 bits per heavy atom. The molecule has 0 aliphatic carbocycles. The molecule has 7 nitrogen and oxygen atoms in total. The van der Waals surface area contributed by atoms with E-state index >= 15 is 0 Å². The van der Waals surface area contributed by atoms with Crippen molar-refractivity contribution in [3.05, 3.63) is 29.8 Å². The van der Waals surface area contributed by atoms with Crippen molar-refractivity contribution in [1.82, 2.24) is 0 Å². The lowest BCUT2D eigenvalue weighted by Gasteiger charge is -2.34. The van der Waals surface area contributed by atoms with Crippen molar-refractivity contribution in [3.63, 3.8) is 0 Å². The maximum atomic E-state index is 11.0. The van der Waals surface area contributed by atoms with E-state index in [0.717, 1.165) is 36.3 Å². The predicted octanol–water partition coefficient (Wildman–Crippen LogP) is 3.46. The second-order valence-corrected chi connectivity index (χ2v) is 6.70. The summed E-state index contributed by atoms with van der Waals surface area (Å²) in [5.41, 5.74) is 1.82. The second-order valence-electron chi connectivity index (χ2n) is 6.70. The molecule has 0 amide bonds. The van der Waals surface area contributed by atoms with Crippen LogP contribution in [0.5, 0.6) is 5.75 Å². The molecule has 150 valence electrons. The van der Waals surface area contributed by atoms with Crippen molar-refractivity contribution in [3.8, 4) is 5.75 Å². The number of carboxylic acid groups (broad SMARTS) is 1. The molecule has 0 unspecified atom stereocenters. The Bertz CT molecular complexity index is 620. The fraction of sp³-hybridized carbons (Fsp3) is 0.600. The van der Waals surface area contributed by atoms with Crippen LogP contribution >= 0.6 is 0 Å². The monoisotopic (exact) mass is 379 g/mol. The Kier molecular flexibility index (Phi) is 8.06. The average Bonchev–Trinajstić information content (AvgIpc) is 2.66. The van der Waals surface area contributed by atoms with Gasteiger partial charge in [0.15, 0.2) is 0 Å². The molecule has 1 N–H and O–H groups in total. The summed E-state index contributed by atoms with van der Waals surface area (Å²) in [6, 6.07) is 7.76. The Morgan fingerprint density at radius 3 is 2.52 bits per heavy atom. The summed E-state index contributed by atoms with van der Waals surface area (Å²) >= 11 is 0. The van der Waals surface area contributed by atoms with Gasteiger partial charge in [-0.05, 0) is 62.9 Å². The van der Waals surface area contributed by atoms with Crippen molar-refractivity contribution in [2.24, 2.45) is 11.1 Å². The van der Waals surface area contributed by atoms with Crippen LogP contribution in [0.2, 0.25) is 0 Å². The number of hydrogen-bond acceptors (Lipinski definition) is 6. The van der Waals surface area contributed by atoms with E-state index in [0.29, 0.717) is 26.4 Å². The summed E-state index contributed by atoms with van der Waals surface area (Å²) in [5.74, 6) is -1.54. The summed E-state index contributed by atoms with van der Waals surface area (Å²) in [7, 11) is 0. The van der Waals surface area contributed by atoms with E-state index in [4.69, 9.17) is 24.2 Å². The van der Waals surface area contributed by atoms with Gasteiger partial charge in [0.25, 0.3) is 5.79 Å². The number of rotatable bonds is 10. The van der Waals surface area contributed by atoms with Gasteiger partial charge in [-0.15, -0.1) is 0 Å². The maximum Gasteiger partial charge on any atom is 0.364 e. The molecule has 1 aromatic rings. The highest BCUT2D eigenvalue weighted by Crippen LogP contribution is 2.24. The van der Waals surface area contributed by atoms with E-state index in [1.807, 2.05) is 38.1 Å². The molecule has 0 bridgehead atoms. The first-order chi connectivity index (χ1) is 12.9. The molecular weight excluding hydrogens is 350 g/mol. The van der Waals surface area contributed by atoms with Crippen LogP contribution in [-0.4, -0.2) is 49.0 Å². The summed E-state index contributed by atoms with van der Waals surface area (Å²) in [6.45, 7) is 7.28. The SMILES string of the molecule is CCOc1ccc(/C(C)=N\OCCCCC2COC(C)(C(=O)O)OC2)cc1. The number of carboxylic acids is 1. The van der Waals surface area contributed by atoms with Gasteiger partial charge in [-0.3, -0.25) is 0 Å². The lowest BCUT2D eigenvalue weighted by molar-refractivity contribution is -0.271. The zero-order chi connectivity index (χ0) is 19.7. The average molecular weight is 379 g/mol. The number of oxime groups is 1. The molecule has 0 aromatic heterocycles. The third-order valence-corrected chi connectivity index (χ3v) is 4.46. The van der Waals surface area contributed by atoms with E-state index in [9.17, 15) is 4.79 Å². The van der Waals surface area contributed by atoms with Crippen LogP contribution in [0.25, 0.3) is 0 Å². The fourth-order valence-electron chi connectivity index (χ4n) is 2.69. The van der Waals surface area contributed by atoms with Crippen molar-refractivity contribution < 1.29 is 28.9 Å². The zero-order valence-electron chi connectivity index (χ0n) is 16.3. The largest absolute Gasteiger partial charge is 0.494 e. The van der Waals surface area contributed by atoms with E-state index in [-0.39, 0.29) is 5.92 Å². The van der Waals surface area contributed by atoms with Gasteiger partial charge in [0.05, 0.1) is 25.5 Å². The molecule has 0 spiro atoms. The van der Waals surface area contributed by atoms with Crippen molar-refractivity contribution in [2.75, 3.05) is 26.4 Å². The minimum absolute atomic E-state index is 0.214. The topological polar surface area (TPSA) is 86.6 Å². The lowest BCUT2D eigenvalue weighted by Crippen LogP contribution is -2.47. The summed E-state index contributed by atoms with van der Waals surface area (Å²) in [6.07, 6.45) is 2.71. The van der Waals surface area contributed by atoms with Crippen LogP contribution in [0.4, 0.5) is 0 Å². The highest BCUT2D eigenvalue weighted by molar-refractivity contribution is 5.98. The Balaban J connectivity index is 1.61. The molecule has 1 aliphatic heterocycles. The predicted molar refractivity (Wildman–Crippen MR) is 101 cm³/mol. The highest BCUT2D eigenvalue weighted by Gasteiger charge is 2.40. The Labute approximate surface area is 160 Å². The summed E-state index contributed by atoms with van der Waals surface area (Å²) < 4.78 is 16.1. The van der Waals surface area contributed by atoms with Gasteiger partial charge in [-0.2, -0.15) is 0 Å². The van der Waals surface area contributed by atoms with Crippen molar-refractivity contribution >= 4 is 11.7 Å². The normalized spacial score (nSPS) is 23.1. The molecule has 1 fully saturated rings. The molecule has 1 aliphatic rings. The van der Waals surface area contributed by atoms with Gasteiger partial charge in [0.2, 0.25) is 0 Å². The van der Waals surface area contributed by atoms with Gasteiger partial charge in [0.1, 0.15) is 12.4 Å². The van der Waals surface area contributed by atoms with Crippen molar-refractivity contribution in [2.45, 2.75) is 45.8 Å². The molecule has 1 aromatic carbocycles. The first kappa shape index (κ1) is 21.2. The van der Waals surface area contributed by atoms with E-state index in [1.54, 1.807) is 0 Å². The third kappa shape index (κ3) is 6.52. The standard InChI is InChI=1S/C20H29NO6/c1-4-24-18-10-8-17(9-11-18)15(2)21-27-12-6-5-7-16-13-25-20(3,19(22)23)26-14-16/h8-11,16H,4-7,12-14H2,1-3H3,(H,22,23)/b21-15-. The van der Waals surface area contributed by atoms with E-state index in [2.05, 4.69) is 5.16 Å². The van der Waals surface area contributed by atoms with Crippen LogP contribution in [0, 0.1) is 5.92 Å². The van der Waals surface area contributed by atoms with Crippen LogP contribution < -0.4 is 4.74 Å². The molecule has 0 atom stereocenters. The summed E-state index contributed by atoms with van der Waals surface area (Å²) in [4.78, 5) is 16.4. The quantitative estimate of drug-likeness (QED) is 0.381. The number of aliphatic carboxylic acids is 1. The first-order valence-corrected chi connectivity index (χ1v) is 9.35. The molecule has 7 heteroatoms. The van der Waals surface area contributed by atoms with Gasteiger partial charge in [0, 0.05) is 12.8 Å². The Hall–Kier alpha value is -2.12. The number of carbonyl (C=O) groups is 1. The highest BCUT2D eigenvalue weighted by atomic mass is 16.7. The van der Waals surface area contributed by atoms with Gasteiger partial charge >= 0.3 is 5.97 Å². The number of hydrogen-bond donors (Lipinski definition) is 1. The van der Waals surface area contributed by atoms with Crippen LogP contribution in [-0.2, 0) is 19.1 Å². The number of unbranched alkanes of at least 4 members (excludes halogenated alkanes) is 1. The molecule has 2 rings (SSSR count). The molecule has 0 saturated carbocycles. The van der Waals surface area contributed by atoms with E-state index in [1.165, 1.54) is 6.92 Å². The summed E-state index contributed by atoms with van der Waals surface area (Å²) in [5, 5.41) is 13.2. The molecule has 0 radical (unpaired) electrons. The molecule has 1 heterocycles. The van der Waals surface area contributed by atoms with Crippen molar-refractivity contribution in [1.29, 1.82) is 0 Å². The number of benzene rings is 1. The second kappa shape index (κ2) is 10.3. The van der Waals surface area contributed by atoms with Gasteiger partial charge < -0.3 is 24.2 Å². The first-order valence-electron chi connectivity index (χ1n) is 9.35. The van der Waals surface area contributed by atoms with Crippen LogP contribution in [0.1, 0.15) is 45.6 Å². The van der Waals surface area contributed by atoms with Crippen LogP contribution in [0.15, 0.2) is 29.4 Å². The smallest absolute Gasteiger partial charge is 0.364 e. The Morgan fingerprint density at radius 2 is 1.93 bits per heavy atom. The zero-order valence-corrected chi connectivity index (χ0v) is 16.3. The molecular formula is C20H29NO6. The minimum Gasteiger partial charge on any atom is -0.494 e. The minimum atomic E-state index is -1.51. The molecule has 1 saturated heterocycles. The van der Waals surface area contributed by atoms with Gasteiger partial charge in [-0.25, -0.2) is 4.79 Å². The maximum absolute atomic E-state index is 11.0. The van der Waals surface area contributed by atoms with Gasteiger partial charge in [-0.1, -0.05) is 5.16 Å². The number of ether oxygens (including phenoxy) is 3. The molecule has 27 heavy (non-hydrogen) atoms.